The van der Waals surface area contributed by atoms with E-state index in [4.69, 9.17) is 4.74 Å². The van der Waals surface area contributed by atoms with Gasteiger partial charge in [-0.2, -0.15) is 0 Å². The van der Waals surface area contributed by atoms with Gasteiger partial charge in [-0.3, -0.25) is 4.98 Å². The number of ether oxygens (including phenoxy) is 1. The van der Waals surface area contributed by atoms with Crippen LogP contribution in [0.3, 0.4) is 0 Å². The summed E-state index contributed by atoms with van der Waals surface area (Å²) in [6.45, 7) is 0. The van der Waals surface area contributed by atoms with Gasteiger partial charge in [0.05, 0.1) is 18.4 Å². The Bertz CT molecular complexity index is 516. The van der Waals surface area contributed by atoms with Crippen LogP contribution in [-0.4, -0.2) is 35.4 Å². The first-order chi connectivity index (χ1) is 11.2. The molecule has 7 heteroatoms. The first-order valence-corrected chi connectivity index (χ1v) is 8.73. The summed E-state index contributed by atoms with van der Waals surface area (Å²) in [4.78, 5) is 3.83. The first-order valence-electron chi connectivity index (χ1n) is 8.73. The maximum Gasteiger partial charge on any atom is 0.141 e. The van der Waals surface area contributed by atoms with E-state index in [1.165, 1.54) is 25.3 Å². The number of rotatable bonds is 5. The molecule has 3 atom stereocenters. The number of aliphatic hydroxyl groups is 1. The summed E-state index contributed by atoms with van der Waals surface area (Å²) in [5.41, 5.74) is 0.559. The first kappa shape index (κ1) is 22.6. The van der Waals surface area contributed by atoms with Gasteiger partial charge in [0.2, 0.25) is 0 Å². The molecule has 2 aliphatic rings. The number of halogens is 3. The van der Waals surface area contributed by atoms with Crippen molar-refractivity contribution in [3.05, 3.63) is 29.8 Å². The average molecular weight is 395 g/mol. The van der Waals surface area contributed by atoms with E-state index in [1.807, 2.05) is 0 Å². The normalized spacial score (nSPS) is 30.2. The highest BCUT2D eigenvalue weighted by molar-refractivity contribution is 5.85. The minimum atomic E-state index is -0.688. The van der Waals surface area contributed by atoms with Gasteiger partial charge in [0.25, 0.3) is 0 Å². The fraction of sp³-hybridized carbons (Fsp3) is 0.722. The second-order valence-corrected chi connectivity index (χ2v) is 7.04. The lowest BCUT2D eigenvalue weighted by Gasteiger charge is -2.29. The van der Waals surface area contributed by atoms with Crippen LogP contribution in [0.1, 0.15) is 56.6 Å². The lowest BCUT2D eigenvalue weighted by molar-refractivity contribution is 0.0538. The molecule has 1 saturated carbocycles. The molecule has 4 nitrogen and oxygen atoms in total. The van der Waals surface area contributed by atoms with Crippen molar-refractivity contribution in [2.75, 3.05) is 7.11 Å². The zero-order valence-corrected chi connectivity index (χ0v) is 16.2. The topological polar surface area (TPSA) is 54.4 Å². The molecular formula is C18H29Cl2FN2O2. The Morgan fingerprint density at radius 2 is 1.92 bits per heavy atom. The van der Waals surface area contributed by atoms with E-state index in [2.05, 4.69) is 10.3 Å². The van der Waals surface area contributed by atoms with Gasteiger partial charge in [-0.1, -0.05) is 0 Å². The standard InChI is InChI=1S/C18H27FN2O2.2ClH/c1-23-16-5-2-12(3-6-16)8-15-4-7-17(21-15)18(22)13-9-14(19)11-20-10-13;;/h9-12,15-18,21-22H,2-8H2,1H3;2*1H/t12?,15-,16?,17+,18-;;/m0../s1. The fourth-order valence-electron chi connectivity index (χ4n) is 4.11. The van der Waals surface area contributed by atoms with Gasteiger partial charge in [0.15, 0.2) is 0 Å². The molecule has 0 amide bonds. The Labute approximate surface area is 161 Å². The van der Waals surface area contributed by atoms with Crippen LogP contribution in [0, 0.1) is 11.7 Å². The summed E-state index contributed by atoms with van der Waals surface area (Å²) in [5.74, 6) is 0.358. The van der Waals surface area contributed by atoms with Crippen LogP contribution in [0.25, 0.3) is 0 Å². The molecule has 0 unspecified atom stereocenters. The fourth-order valence-corrected chi connectivity index (χ4v) is 4.11. The van der Waals surface area contributed by atoms with Crippen molar-refractivity contribution in [3.63, 3.8) is 0 Å². The molecule has 0 aromatic carbocycles. The van der Waals surface area contributed by atoms with Gasteiger partial charge < -0.3 is 15.2 Å². The van der Waals surface area contributed by atoms with E-state index in [1.54, 1.807) is 13.3 Å². The molecule has 1 aliphatic heterocycles. The van der Waals surface area contributed by atoms with Crippen molar-refractivity contribution in [2.24, 2.45) is 5.92 Å². The van der Waals surface area contributed by atoms with Crippen LogP contribution in [0.4, 0.5) is 4.39 Å². The summed E-state index contributed by atoms with van der Waals surface area (Å²) < 4.78 is 18.7. The molecule has 3 rings (SSSR count). The third-order valence-corrected chi connectivity index (χ3v) is 5.47. The van der Waals surface area contributed by atoms with E-state index in [-0.39, 0.29) is 30.9 Å². The summed E-state index contributed by atoms with van der Waals surface area (Å²) >= 11 is 0. The predicted molar refractivity (Wildman–Crippen MR) is 101 cm³/mol. The molecule has 1 aromatic heterocycles. The SMILES string of the molecule is COC1CCC(C[C@@H]2CC[C@H]([C@@H](O)c3cncc(F)c3)N2)CC1.Cl.Cl. The number of pyridine rings is 1. The van der Waals surface area contributed by atoms with Crippen LogP contribution in [0.15, 0.2) is 18.5 Å². The van der Waals surface area contributed by atoms with Crippen molar-refractivity contribution >= 4 is 24.8 Å². The highest BCUT2D eigenvalue weighted by Gasteiger charge is 2.32. The molecule has 0 spiro atoms. The van der Waals surface area contributed by atoms with Gasteiger partial charge >= 0.3 is 0 Å². The molecule has 1 aromatic rings. The van der Waals surface area contributed by atoms with E-state index < -0.39 is 11.9 Å². The summed E-state index contributed by atoms with van der Waals surface area (Å²) in [6, 6.07) is 1.83. The van der Waals surface area contributed by atoms with Crippen LogP contribution in [-0.2, 0) is 4.74 Å². The van der Waals surface area contributed by atoms with Crippen molar-refractivity contribution in [1.29, 1.82) is 0 Å². The number of hydrogen-bond donors (Lipinski definition) is 2. The van der Waals surface area contributed by atoms with Gasteiger partial charge in [-0.05, 0) is 56.9 Å². The number of aromatic nitrogens is 1. The van der Waals surface area contributed by atoms with Crippen LogP contribution < -0.4 is 5.32 Å². The minimum Gasteiger partial charge on any atom is -0.387 e. The van der Waals surface area contributed by atoms with Crippen LogP contribution >= 0.6 is 24.8 Å². The Balaban J connectivity index is 0.00000156. The van der Waals surface area contributed by atoms with Gasteiger partial charge in [0, 0.05) is 31.0 Å². The smallest absolute Gasteiger partial charge is 0.141 e. The predicted octanol–water partition coefficient (Wildman–Crippen LogP) is 3.81. The maximum atomic E-state index is 13.3. The number of hydrogen-bond acceptors (Lipinski definition) is 4. The number of aliphatic hydroxyl groups excluding tert-OH is 1. The molecule has 0 bridgehead atoms. The van der Waals surface area contributed by atoms with Crippen LogP contribution in [0.2, 0.25) is 0 Å². The second kappa shape index (κ2) is 10.6. The third-order valence-electron chi connectivity index (χ3n) is 5.47. The van der Waals surface area contributed by atoms with E-state index in [0.29, 0.717) is 17.7 Å². The van der Waals surface area contributed by atoms with Gasteiger partial charge in [0.1, 0.15) is 5.82 Å². The van der Waals surface area contributed by atoms with E-state index >= 15 is 0 Å². The lowest BCUT2D eigenvalue weighted by Crippen LogP contribution is -2.35. The van der Waals surface area contributed by atoms with Crippen molar-refractivity contribution in [3.8, 4) is 0 Å². The molecule has 2 N–H and O–H groups in total. The van der Waals surface area contributed by atoms with E-state index in [9.17, 15) is 9.50 Å². The molecular weight excluding hydrogens is 366 g/mol. The minimum absolute atomic E-state index is 0. The summed E-state index contributed by atoms with van der Waals surface area (Å²) in [5, 5.41) is 14.0. The third kappa shape index (κ3) is 6.04. The number of nitrogens with one attached hydrogen (secondary N) is 1. The Morgan fingerprint density at radius 1 is 1.20 bits per heavy atom. The van der Waals surface area contributed by atoms with Gasteiger partial charge in [-0.15, -0.1) is 24.8 Å². The van der Waals surface area contributed by atoms with Crippen molar-refractivity contribution in [1.82, 2.24) is 10.3 Å². The zero-order chi connectivity index (χ0) is 16.2. The summed E-state index contributed by atoms with van der Waals surface area (Å²) in [6.07, 6.45) is 10.4. The lowest BCUT2D eigenvalue weighted by atomic mass is 9.83. The highest BCUT2D eigenvalue weighted by Crippen LogP contribution is 2.33. The summed E-state index contributed by atoms with van der Waals surface area (Å²) in [7, 11) is 1.80. The Hall–Kier alpha value is -0.460. The second-order valence-electron chi connectivity index (χ2n) is 7.04. The van der Waals surface area contributed by atoms with Crippen molar-refractivity contribution < 1.29 is 14.2 Å². The molecule has 144 valence electrons. The quantitative estimate of drug-likeness (QED) is 0.796. The van der Waals surface area contributed by atoms with Gasteiger partial charge in [-0.25, -0.2) is 4.39 Å². The van der Waals surface area contributed by atoms with Crippen molar-refractivity contribution in [2.45, 2.75) is 69.2 Å². The zero-order valence-electron chi connectivity index (χ0n) is 14.6. The highest BCUT2D eigenvalue weighted by atomic mass is 35.5. The Morgan fingerprint density at radius 3 is 2.56 bits per heavy atom. The molecule has 1 aliphatic carbocycles. The van der Waals surface area contributed by atoms with E-state index in [0.717, 1.165) is 37.8 Å². The van der Waals surface area contributed by atoms with Crippen LogP contribution in [0.5, 0.6) is 0 Å². The average Bonchev–Trinajstić information content (AvgIpc) is 3.03. The molecule has 1 saturated heterocycles. The molecule has 2 fully saturated rings. The monoisotopic (exact) mass is 394 g/mol. The number of methoxy groups -OCH3 is 1. The number of nitrogens with zero attached hydrogens (tertiary/aromatic N) is 1. The maximum absolute atomic E-state index is 13.3. The molecule has 0 radical (unpaired) electrons. The Kier molecular flexibility index (Phi) is 9.60. The molecule has 25 heavy (non-hydrogen) atoms. The molecule has 2 heterocycles. The largest absolute Gasteiger partial charge is 0.387 e.